The molecule has 0 aromatic heterocycles. The van der Waals surface area contributed by atoms with E-state index in [1.54, 1.807) is 0 Å². The lowest BCUT2D eigenvalue weighted by atomic mass is 9.81. The fourth-order valence-electron chi connectivity index (χ4n) is 2.97. The van der Waals surface area contributed by atoms with Gasteiger partial charge < -0.3 is 10.4 Å². The van der Waals surface area contributed by atoms with Crippen LogP contribution in [-0.4, -0.2) is 24.2 Å². The number of aliphatic hydroxyl groups is 1. The number of benzene rings is 1. The van der Waals surface area contributed by atoms with Gasteiger partial charge in [0.1, 0.15) is 0 Å². The van der Waals surface area contributed by atoms with Gasteiger partial charge in [-0.05, 0) is 48.6 Å². The Morgan fingerprint density at radius 3 is 3.05 bits per heavy atom. The van der Waals surface area contributed by atoms with E-state index in [-0.39, 0.29) is 12.5 Å². The molecule has 2 N–H and O–H groups in total. The van der Waals surface area contributed by atoms with Gasteiger partial charge in [-0.3, -0.25) is 4.79 Å². The average Bonchev–Trinajstić information content (AvgIpc) is 2.46. The summed E-state index contributed by atoms with van der Waals surface area (Å²) in [5.41, 5.74) is 2.77. The molecule has 0 aliphatic heterocycles. The van der Waals surface area contributed by atoms with Crippen LogP contribution in [0, 0.1) is 5.92 Å². The van der Waals surface area contributed by atoms with Gasteiger partial charge in [0, 0.05) is 19.6 Å². The molecule has 0 bridgehead atoms. The summed E-state index contributed by atoms with van der Waals surface area (Å²) in [5, 5.41) is 11.9. The zero-order valence-electron chi connectivity index (χ0n) is 12.3. The number of hydrogen-bond donors (Lipinski definition) is 2. The molecule has 0 saturated carbocycles. The summed E-state index contributed by atoms with van der Waals surface area (Å²) in [6.45, 7) is 2.90. The van der Waals surface area contributed by atoms with Gasteiger partial charge in [0.2, 0.25) is 5.91 Å². The Bertz CT molecular complexity index is 444. The van der Waals surface area contributed by atoms with E-state index in [0.29, 0.717) is 24.8 Å². The minimum atomic E-state index is 0.136. The molecule has 1 aromatic carbocycles. The lowest BCUT2D eigenvalue weighted by molar-refractivity contribution is -0.121. The van der Waals surface area contributed by atoms with Crippen molar-refractivity contribution in [1.82, 2.24) is 5.32 Å². The summed E-state index contributed by atoms with van der Waals surface area (Å²) in [5.74, 6) is 0.840. The van der Waals surface area contributed by atoms with E-state index in [9.17, 15) is 4.79 Å². The number of rotatable bonds is 6. The summed E-state index contributed by atoms with van der Waals surface area (Å²) >= 11 is 0. The topological polar surface area (TPSA) is 49.3 Å². The normalized spacial score (nSPS) is 19.2. The van der Waals surface area contributed by atoms with Crippen LogP contribution in [0.4, 0.5) is 0 Å². The SMILES string of the molecule is CC(CCO)CNC(=O)CC1CCCc2ccccc21. The van der Waals surface area contributed by atoms with Crippen LogP contribution in [0.25, 0.3) is 0 Å². The van der Waals surface area contributed by atoms with Gasteiger partial charge in [0.25, 0.3) is 0 Å². The second-order valence-corrected chi connectivity index (χ2v) is 5.91. The molecule has 1 amide bonds. The highest BCUT2D eigenvalue weighted by Gasteiger charge is 2.22. The zero-order valence-corrected chi connectivity index (χ0v) is 12.3. The predicted octanol–water partition coefficient (Wildman–Crippen LogP) is 2.63. The largest absolute Gasteiger partial charge is 0.396 e. The first-order valence-corrected chi connectivity index (χ1v) is 7.66. The van der Waals surface area contributed by atoms with Gasteiger partial charge in [0.15, 0.2) is 0 Å². The molecular weight excluding hydrogens is 250 g/mol. The number of amides is 1. The van der Waals surface area contributed by atoms with Gasteiger partial charge in [0.05, 0.1) is 0 Å². The maximum absolute atomic E-state index is 12.1. The Morgan fingerprint density at radius 1 is 1.45 bits per heavy atom. The average molecular weight is 275 g/mol. The molecule has 2 unspecified atom stereocenters. The highest BCUT2D eigenvalue weighted by molar-refractivity contribution is 5.77. The van der Waals surface area contributed by atoms with Crippen LogP contribution in [0.15, 0.2) is 24.3 Å². The second kappa shape index (κ2) is 7.44. The van der Waals surface area contributed by atoms with Gasteiger partial charge in [-0.1, -0.05) is 31.2 Å². The third-order valence-corrected chi connectivity index (χ3v) is 4.20. The van der Waals surface area contributed by atoms with Crippen molar-refractivity contribution in [3.8, 4) is 0 Å². The number of fused-ring (bicyclic) bond motifs is 1. The molecule has 0 saturated heterocycles. The Morgan fingerprint density at radius 2 is 2.25 bits per heavy atom. The number of hydrogen-bond acceptors (Lipinski definition) is 2. The fraction of sp³-hybridized carbons (Fsp3) is 0.588. The molecule has 20 heavy (non-hydrogen) atoms. The van der Waals surface area contributed by atoms with Crippen LogP contribution >= 0.6 is 0 Å². The molecule has 1 aromatic rings. The minimum Gasteiger partial charge on any atom is -0.396 e. The third-order valence-electron chi connectivity index (χ3n) is 4.20. The standard InChI is InChI=1S/C17H25NO2/c1-13(9-10-19)12-18-17(20)11-15-7-4-6-14-5-2-3-8-16(14)15/h2-3,5,8,13,15,19H,4,6-7,9-12H2,1H3,(H,18,20). The maximum atomic E-state index is 12.1. The van der Waals surface area contributed by atoms with Crippen LogP contribution in [0.5, 0.6) is 0 Å². The van der Waals surface area contributed by atoms with E-state index in [0.717, 1.165) is 19.3 Å². The molecule has 2 rings (SSSR count). The highest BCUT2D eigenvalue weighted by Crippen LogP contribution is 2.33. The summed E-state index contributed by atoms with van der Waals surface area (Å²) in [4.78, 5) is 12.1. The number of nitrogens with one attached hydrogen (secondary N) is 1. The molecule has 3 heteroatoms. The van der Waals surface area contributed by atoms with Crippen LogP contribution in [0.3, 0.4) is 0 Å². The van der Waals surface area contributed by atoms with Gasteiger partial charge in [-0.15, -0.1) is 0 Å². The molecule has 0 heterocycles. The van der Waals surface area contributed by atoms with Crippen molar-refractivity contribution < 1.29 is 9.90 Å². The molecule has 1 aliphatic carbocycles. The third kappa shape index (κ3) is 4.07. The van der Waals surface area contributed by atoms with Crippen molar-refractivity contribution in [2.75, 3.05) is 13.2 Å². The minimum absolute atomic E-state index is 0.136. The van der Waals surface area contributed by atoms with Crippen molar-refractivity contribution in [2.45, 2.75) is 44.9 Å². The van der Waals surface area contributed by atoms with Crippen molar-refractivity contribution >= 4 is 5.91 Å². The molecule has 110 valence electrons. The predicted molar refractivity (Wildman–Crippen MR) is 80.6 cm³/mol. The van der Waals surface area contributed by atoms with Gasteiger partial charge in [-0.25, -0.2) is 0 Å². The van der Waals surface area contributed by atoms with Crippen LogP contribution in [0.2, 0.25) is 0 Å². The molecule has 2 atom stereocenters. The van der Waals surface area contributed by atoms with E-state index in [1.165, 1.54) is 17.5 Å². The lowest BCUT2D eigenvalue weighted by Gasteiger charge is -2.25. The molecule has 3 nitrogen and oxygen atoms in total. The van der Waals surface area contributed by atoms with E-state index in [1.807, 2.05) is 6.92 Å². The van der Waals surface area contributed by atoms with Crippen molar-refractivity contribution in [3.05, 3.63) is 35.4 Å². The van der Waals surface area contributed by atoms with Gasteiger partial charge >= 0.3 is 0 Å². The molecular formula is C17H25NO2. The fourth-order valence-corrected chi connectivity index (χ4v) is 2.97. The Kier molecular flexibility index (Phi) is 5.60. The van der Waals surface area contributed by atoms with Crippen molar-refractivity contribution in [1.29, 1.82) is 0 Å². The van der Waals surface area contributed by atoms with E-state index in [4.69, 9.17) is 5.11 Å². The summed E-state index contributed by atoms with van der Waals surface area (Å²) < 4.78 is 0. The van der Waals surface area contributed by atoms with Gasteiger partial charge in [-0.2, -0.15) is 0 Å². The van der Waals surface area contributed by atoms with Crippen molar-refractivity contribution in [2.24, 2.45) is 5.92 Å². The monoisotopic (exact) mass is 275 g/mol. The first-order chi connectivity index (χ1) is 9.70. The first-order valence-electron chi connectivity index (χ1n) is 7.66. The maximum Gasteiger partial charge on any atom is 0.220 e. The number of carbonyl (C=O) groups excluding carboxylic acids is 1. The lowest BCUT2D eigenvalue weighted by Crippen LogP contribution is -2.30. The molecule has 1 aliphatic rings. The molecule has 0 spiro atoms. The van der Waals surface area contributed by atoms with Crippen LogP contribution < -0.4 is 5.32 Å². The second-order valence-electron chi connectivity index (χ2n) is 5.91. The Balaban J connectivity index is 1.86. The smallest absolute Gasteiger partial charge is 0.220 e. The zero-order chi connectivity index (χ0) is 14.4. The van der Waals surface area contributed by atoms with E-state index in [2.05, 4.69) is 29.6 Å². The van der Waals surface area contributed by atoms with Crippen LogP contribution in [-0.2, 0) is 11.2 Å². The van der Waals surface area contributed by atoms with Crippen LogP contribution in [0.1, 0.15) is 49.7 Å². The van der Waals surface area contributed by atoms with E-state index < -0.39 is 0 Å². The summed E-state index contributed by atoms with van der Waals surface area (Å²) in [6.07, 6.45) is 4.75. The van der Waals surface area contributed by atoms with E-state index >= 15 is 0 Å². The quantitative estimate of drug-likeness (QED) is 0.838. The number of aliphatic hydroxyl groups excluding tert-OH is 1. The summed E-state index contributed by atoms with van der Waals surface area (Å²) in [6, 6.07) is 8.50. The Labute approximate surface area is 121 Å². The molecule has 0 fully saturated rings. The Hall–Kier alpha value is -1.35. The van der Waals surface area contributed by atoms with Crippen molar-refractivity contribution in [3.63, 3.8) is 0 Å². The highest BCUT2D eigenvalue weighted by atomic mass is 16.3. The number of carbonyl (C=O) groups is 1. The first kappa shape index (κ1) is 15.0. The number of aryl methyl sites for hydroxylation is 1. The molecule has 0 radical (unpaired) electrons. The summed E-state index contributed by atoms with van der Waals surface area (Å²) in [7, 11) is 0.